The van der Waals surface area contributed by atoms with Gasteiger partial charge in [-0.3, -0.25) is 4.79 Å². The first-order valence-corrected chi connectivity index (χ1v) is 9.68. The molecule has 0 bridgehead atoms. The second-order valence-corrected chi connectivity index (χ2v) is 7.01. The number of rotatable bonds is 4. The van der Waals surface area contributed by atoms with Gasteiger partial charge in [0.2, 0.25) is 5.91 Å². The van der Waals surface area contributed by atoms with Gasteiger partial charge in [0.15, 0.2) is 0 Å². The average molecular weight is 316 g/mol. The maximum atomic E-state index is 12.2. The molecule has 1 amide bonds. The third kappa shape index (κ3) is 8.20. The van der Waals surface area contributed by atoms with Crippen LogP contribution in [0.1, 0.15) is 82.6 Å². The highest BCUT2D eigenvalue weighted by Gasteiger charge is 2.12. The number of hydrogen-bond acceptors (Lipinski definition) is 1. The van der Waals surface area contributed by atoms with Gasteiger partial charge >= 0.3 is 0 Å². The van der Waals surface area contributed by atoms with Crippen molar-refractivity contribution >= 4 is 5.91 Å². The van der Waals surface area contributed by atoms with Crippen molar-refractivity contribution in [2.75, 3.05) is 0 Å². The second kappa shape index (κ2) is 11.3. The van der Waals surface area contributed by atoms with Crippen molar-refractivity contribution in [1.29, 1.82) is 0 Å². The molecule has 1 fully saturated rings. The van der Waals surface area contributed by atoms with Crippen molar-refractivity contribution in [3.05, 3.63) is 35.9 Å². The molecule has 0 atom stereocenters. The van der Waals surface area contributed by atoms with E-state index in [9.17, 15) is 4.79 Å². The Morgan fingerprint density at radius 2 is 1.35 bits per heavy atom. The third-order valence-electron chi connectivity index (χ3n) is 4.95. The molecule has 2 heteroatoms. The van der Waals surface area contributed by atoms with E-state index in [2.05, 4.69) is 17.4 Å². The van der Waals surface area contributed by atoms with Gasteiger partial charge in [0.1, 0.15) is 0 Å². The zero-order valence-corrected chi connectivity index (χ0v) is 14.6. The van der Waals surface area contributed by atoms with E-state index >= 15 is 0 Å². The van der Waals surface area contributed by atoms with E-state index in [1.54, 1.807) is 0 Å². The number of aryl methyl sites for hydroxylation is 1. The first kappa shape index (κ1) is 18.0. The molecule has 1 aromatic carbocycles. The summed E-state index contributed by atoms with van der Waals surface area (Å²) in [5.74, 6) is 0.228. The minimum Gasteiger partial charge on any atom is -0.353 e. The molecular weight excluding hydrogens is 282 g/mol. The lowest BCUT2D eigenvalue weighted by atomic mass is 9.97. The van der Waals surface area contributed by atoms with E-state index in [-0.39, 0.29) is 5.91 Å². The first-order valence-electron chi connectivity index (χ1n) is 9.68. The van der Waals surface area contributed by atoms with Crippen LogP contribution in [-0.4, -0.2) is 11.9 Å². The Morgan fingerprint density at radius 1 is 0.826 bits per heavy atom. The van der Waals surface area contributed by atoms with E-state index in [4.69, 9.17) is 0 Å². The standard InChI is InChI=1S/C21H33NO/c23-21(18-17-19-13-9-8-10-14-19)22-20-15-11-6-4-2-1-3-5-7-12-16-20/h8-10,13-14,20H,1-7,11-12,15-18H2,(H,22,23). The van der Waals surface area contributed by atoms with Crippen molar-refractivity contribution in [1.82, 2.24) is 5.32 Å². The molecule has 1 aliphatic rings. The summed E-state index contributed by atoms with van der Waals surface area (Å²) in [5, 5.41) is 3.30. The summed E-state index contributed by atoms with van der Waals surface area (Å²) in [6.45, 7) is 0. The van der Waals surface area contributed by atoms with Crippen LogP contribution in [0.4, 0.5) is 0 Å². The Balaban J connectivity index is 1.72. The van der Waals surface area contributed by atoms with Crippen LogP contribution in [0.2, 0.25) is 0 Å². The molecule has 2 rings (SSSR count). The van der Waals surface area contributed by atoms with Crippen LogP contribution >= 0.6 is 0 Å². The lowest BCUT2D eigenvalue weighted by Gasteiger charge is -2.19. The quantitative estimate of drug-likeness (QED) is 0.791. The Labute approximate surface area is 142 Å². The van der Waals surface area contributed by atoms with E-state index in [1.807, 2.05) is 18.2 Å². The molecule has 0 unspecified atom stereocenters. The summed E-state index contributed by atoms with van der Waals surface area (Å²) in [6.07, 6.45) is 15.9. The zero-order chi connectivity index (χ0) is 16.2. The van der Waals surface area contributed by atoms with Gasteiger partial charge < -0.3 is 5.32 Å². The van der Waals surface area contributed by atoms with Crippen molar-refractivity contribution < 1.29 is 4.79 Å². The fourth-order valence-electron chi connectivity index (χ4n) is 3.51. The van der Waals surface area contributed by atoms with Crippen LogP contribution in [0.15, 0.2) is 30.3 Å². The lowest BCUT2D eigenvalue weighted by Crippen LogP contribution is -2.35. The predicted molar refractivity (Wildman–Crippen MR) is 97.5 cm³/mol. The van der Waals surface area contributed by atoms with Crippen LogP contribution in [0.5, 0.6) is 0 Å². The van der Waals surface area contributed by atoms with E-state index < -0.39 is 0 Å². The van der Waals surface area contributed by atoms with Crippen LogP contribution < -0.4 is 5.32 Å². The van der Waals surface area contributed by atoms with Crippen LogP contribution in [0, 0.1) is 0 Å². The SMILES string of the molecule is O=C(CCc1ccccc1)NC1CCCCCCCCCCC1. The van der Waals surface area contributed by atoms with Crippen molar-refractivity contribution in [2.24, 2.45) is 0 Å². The molecular formula is C21H33NO. The average Bonchev–Trinajstić information content (AvgIpc) is 2.56. The minimum absolute atomic E-state index is 0.228. The van der Waals surface area contributed by atoms with Crippen molar-refractivity contribution in [3.63, 3.8) is 0 Å². The number of nitrogens with one attached hydrogen (secondary N) is 1. The fraction of sp³-hybridized carbons (Fsp3) is 0.667. The third-order valence-corrected chi connectivity index (χ3v) is 4.95. The topological polar surface area (TPSA) is 29.1 Å². The Kier molecular flexibility index (Phi) is 8.83. The smallest absolute Gasteiger partial charge is 0.220 e. The van der Waals surface area contributed by atoms with Gasteiger partial charge in [-0.15, -0.1) is 0 Å². The molecule has 0 aromatic heterocycles. The van der Waals surface area contributed by atoms with E-state index in [1.165, 1.54) is 63.4 Å². The molecule has 128 valence electrons. The van der Waals surface area contributed by atoms with Gasteiger partial charge in [-0.1, -0.05) is 88.1 Å². The molecule has 0 aliphatic heterocycles. The number of benzene rings is 1. The van der Waals surface area contributed by atoms with Gasteiger partial charge in [-0.25, -0.2) is 0 Å². The maximum Gasteiger partial charge on any atom is 0.220 e. The highest BCUT2D eigenvalue weighted by molar-refractivity contribution is 5.76. The lowest BCUT2D eigenvalue weighted by molar-refractivity contribution is -0.121. The Bertz CT molecular complexity index is 417. The molecule has 0 radical (unpaired) electrons. The maximum absolute atomic E-state index is 12.2. The largest absolute Gasteiger partial charge is 0.353 e. The zero-order valence-electron chi connectivity index (χ0n) is 14.6. The summed E-state index contributed by atoms with van der Waals surface area (Å²) >= 11 is 0. The van der Waals surface area contributed by atoms with Gasteiger partial charge in [0, 0.05) is 12.5 Å². The van der Waals surface area contributed by atoms with Crippen LogP contribution in [-0.2, 0) is 11.2 Å². The normalized spacial score (nSPS) is 18.6. The molecule has 1 saturated carbocycles. The Hall–Kier alpha value is -1.31. The van der Waals surface area contributed by atoms with Crippen LogP contribution in [0.25, 0.3) is 0 Å². The summed E-state index contributed by atoms with van der Waals surface area (Å²) < 4.78 is 0. The minimum atomic E-state index is 0.228. The first-order chi connectivity index (χ1) is 11.3. The summed E-state index contributed by atoms with van der Waals surface area (Å²) in [5.41, 5.74) is 1.25. The number of carbonyl (C=O) groups excluding carboxylic acids is 1. The highest BCUT2D eigenvalue weighted by Crippen LogP contribution is 2.17. The monoisotopic (exact) mass is 315 g/mol. The molecule has 0 saturated heterocycles. The van der Waals surface area contributed by atoms with Crippen LogP contribution in [0.3, 0.4) is 0 Å². The number of amides is 1. The van der Waals surface area contributed by atoms with Gasteiger partial charge in [-0.05, 0) is 24.8 Å². The highest BCUT2D eigenvalue weighted by atomic mass is 16.1. The van der Waals surface area contributed by atoms with Gasteiger partial charge in [-0.2, -0.15) is 0 Å². The summed E-state index contributed by atoms with van der Waals surface area (Å²) in [7, 11) is 0. The molecule has 0 heterocycles. The molecule has 1 aliphatic carbocycles. The van der Waals surface area contributed by atoms with Gasteiger partial charge in [0.25, 0.3) is 0 Å². The number of hydrogen-bond donors (Lipinski definition) is 1. The molecule has 1 N–H and O–H groups in total. The second-order valence-electron chi connectivity index (χ2n) is 7.01. The fourth-order valence-corrected chi connectivity index (χ4v) is 3.51. The summed E-state index contributed by atoms with van der Waals surface area (Å²) in [4.78, 5) is 12.2. The predicted octanol–water partition coefficient (Wildman–Crippen LogP) is 5.41. The van der Waals surface area contributed by atoms with Crippen molar-refractivity contribution in [3.8, 4) is 0 Å². The molecule has 0 spiro atoms. The van der Waals surface area contributed by atoms with Crippen molar-refractivity contribution in [2.45, 2.75) is 89.5 Å². The van der Waals surface area contributed by atoms with E-state index in [0.29, 0.717) is 12.5 Å². The number of carbonyl (C=O) groups is 1. The Morgan fingerprint density at radius 3 is 1.91 bits per heavy atom. The molecule has 1 aromatic rings. The summed E-state index contributed by atoms with van der Waals surface area (Å²) in [6, 6.07) is 10.7. The molecule has 2 nitrogen and oxygen atoms in total. The van der Waals surface area contributed by atoms with Gasteiger partial charge in [0.05, 0.1) is 0 Å². The molecule has 23 heavy (non-hydrogen) atoms. The van der Waals surface area contributed by atoms with E-state index in [0.717, 1.165) is 19.3 Å².